The number of rotatable bonds is 6. The molecule has 0 heterocycles. The molecule has 2 unspecified atom stereocenters. The molecule has 0 fully saturated rings. The highest BCUT2D eigenvalue weighted by atomic mass is 79.9. The quantitative estimate of drug-likeness (QED) is 0.792. The lowest BCUT2D eigenvalue weighted by molar-refractivity contribution is 0.406. The lowest BCUT2D eigenvalue weighted by atomic mass is 9.93. The van der Waals surface area contributed by atoms with Crippen molar-refractivity contribution >= 4 is 15.9 Å². The van der Waals surface area contributed by atoms with Crippen LogP contribution >= 0.6 is 15.9 Å². The van der Waals surface area contributed by atoms with E-state index in [1.165, 1.54) is 34.9 Å². The summed E-state index contributed by atoms with van der Waals surface area (Å²) >= 11 is 3.68. The molecule has 0 saturated carbocycles. The van der Waals surface area contributed by atoms with E-state index in [0.717, 1.165) is 5.92 Å². The molecular weight excluding hydrogens is 274 g/mol. The normalized spacial score (nSPS) is 14.6. The van der Waals surface area contributed by atoms with Crippen molar-refractivity contribution in [3.63, 3.8) is 0 Å². The van der Waals surface area contributed by atoms with E-state index < -0.39 is 0 Å². The second kappa shape index (κ2) is 7.17. The van der Waals surface area contributed by atoms with Gasteiger partial charge in [0.15, 0.2) is 0 Å². The number of hydrogen-bond acceptors (Lipinski definition) is 1. The van der Waals surface area contributed by atoms with E-state index in [4.69, 9.17) is 0 Å². The number of hydrogen-bond donors (Lipinski definition) is 1. The second-order valence-corrected chi connectivity index (χ2v) is 5.85. The minimum Gasteiger partial charge on any atom is -0.313 e. The molecule has 2 heteroatoms. The molecule has 17 heavy (non-hydrogen) atoms. The van der Waals surface area contributed by atoms with Gasteiger partial charge in [0.1, 0.15) is 0 Å². The lowest BCUT2D eigenvalue weighted by Crippen LogP contribution is -2.19. The van der Waals surface area contributed by atoms with Gasteiger partial charge in [0, 0.05) is 10.5 Å². The standard InChI is InChI=1S/C15H24BrN/c1-5-6-11(2)10-15(17-4)13-8-7-12(3)9-14(13)16/h7-9,11,15,17H,5-6,10H2,1-4H3. The van der Waals surface area contributed by atoms with Crippen LogP contribution in [0.15, 0.2) is 22.7 Å². The van der Waals surface area contributed by atoms with E-state index in [9.17, 15) is 0 Å². The van der Waals surface area contributed by atoms with Gasteiger partial charge in [-0.15, -0.1) is 0 Å². The molecule has 1 N–H and O–H groups in total. The second-order valence-electron chi connectivity index (χ2n) is 5.00. The summed E-state index contributed by atoms with van der Waals surface area (Å²) in [5.41, 5.74) is 2.68. The topological polar surface area (TPSA) is 12.0 Å². The predicted octanol–water partition coefficient (Wildman–Crippen LogP) is 4.84. The van der Waals surface area contributed by atoms with Gasteiger partial charge in [-0.25, -0.2) is 0 Å². The Labute approximate surface area is 114 Å². The number of aryl methyl sites for hydroxylation is 1. The van der Waals surface area contributed by atoms with Crippen LogP contribution in [0.1, 0.15) is 50.3 Å². The molecule has 1 aromatic carbocycles. The van der Waals surface area contributed by atoms with Crippen molar-refractivity contribution in [2.24, 2.45) is 5.92 Å². The van der Waals surface area contributed by atoms with Crippen LogP contribution in [0.2, 0.25) is 0 Å². The van der Waals surface area contributed by atoms with Crippen LogP contribution in [-0.2, 0) is 0 Å². The fourth-order valence-corrected chi connectivity index (χ4v) is 3.10. The molecule has 0 aliphatic carbocycles. The Kier molecular flexibility index (Phi) is 6.21. The fraction of sp³-hybridized carbons (Fsp3) is 0.600. The maximum Gasteiger partial charge on any atom is 0.0331 e. The maximum atomic E-state index is 3.68. The smallest absolute Gasteiger partial charge is 0.0331 e. The number of benzene rings is 1. The minimum atomic E-state index is 0.450. The molecule has 0 saturated heterocycles. The largest absolute Gasteiger partial charge is 0.313 e. The van der Waals surface area contributed by atoms with Crippen LogP contribution in [0.25, 0.3) is 0 Å². The molecule has 2 atom stereocenters. The monoisotopic (exact) mass is 297 g/mol. The van der Waals surface area contributed by atoms with Crippen molar-refractivity contribution in [2.75, 3.05) is 7.05 Å². The predicted molar refractivity (Wildman–Crippen MR) is 79.4 cm³/mol. The van der Waals surface area contributed by atoms with E-state index in [1.54, 1.807) is 0 Å². The Morgan fingerprint density at radius 3 is 2.59 bits per heavy atom. The first kappa shape index (κ1) is 14.7. The highest BCUT2D eigenvalue weighted by molar-refractivity contribution is 9.10. The fourth-order valence-electron chi connectivity index (χ4n) is 2.33. The Morgan fingerprint density at radius 2 is 2.06 bits per heavy atom. The van der Waals surface area contributed by atoms with Crippen molar-refractivity contribution in [3.05, 3.63) is 33.8 Å². The Balaban J connectivity index is 2.79. The summed E-state index contributed by atoms with van der Waals surface area (Å²) in [6.07, 6.45) is 3.78. The first-order valence-corrected chi connectivity index (χ1v) is 7.31. The Hall–Kier alpha value is -0.340. The Morgan fingerprint density at radius 1 is 1.35 bits per heavy atom. The van der Waals surface area contributed by atoms with Crippen LogP contribution in [0.5, 0.6) is 0 Å². The van der Waals surface area contributed by atoms with Gasteiger partial charge >= 0.3 is 0 Å². The molecule has 1 rings (SSSR count). The summed E-state index contributed by atoms with van der Waals surface area (Å²) in [5.74, 6) is 0.769. The Bertz CT molecular complexity index is 349. The molecule has 0 bridgehead atoms. The molecule has 0 amide bonds. The zero-order valence-corrected chi connectivity index (χ0v) is 13.0. The zero-order chi connectivity index (χ0) is 12.8. The van der Waals surface area contributed by atoms with Crippen LogP contribution in [0, 0.1) is 12.8 Å². The van der Waals surface area contributed by atoms with Crippen LogP contribution in [-0.4, -0.2) is 7.05 Å². The molecule has 0 aliphatic rings. The van der Waals surface area contributed by atoms with Gasteiger partial charge in [-0.3, -0.25) is 0 Å². The molecule has 96 valence electrons. The highest BCUT2D eigenvalue weighted by Crippen LogP contribution is 2.29. The van der Waals surface area contributed by atoms with Crippen molar-refractivity contribution < 1.29 is 0 Å². The summed E-state index contributed by atoms with van der Waals surface area (Å²) in [6.45, 7) is 6.73. The van der Waals surface area contributed by atoms with Gasteiger partial charge in [-0.2, -0.15) is 0 Å². The molecule has 0 aromatic heterocycles. The summed E-state index contributed by atoms with van der Waals surface area (Å²) in [7, 11) is 2.05. The van der Waals surface area contributed by atoms with Crippen molar-refractivity contribution in [1.82, 2.24) is 5.32 Å². The van der Waals surface area contributed by atoms with Gasteiger partial charge in [0.05, 0.1) is 0 Å². The summed E-state index contributed by atoms with van der Waals surface area (Å²) < 4.78 is 1.22. The van der Waals surface area contributed by atoms with E-state index >= 15 is 0 Å². The van der Waals surface area contributed by atoms with E-state index in [1.807, 2.05) is 0 Å². The average Bonchev–Trinajstić information content (AvgIpc) is 2.27. The molecule has 0 aliphatic heterocycles. The summed E-state index contributed by atoms with van der Waals surface area (Å²) in [5, 5.41) is 3.44. The zero-order valence-electron chi connectivity index (χ0n) is 11.4. The van der Waals surface area contributed by atoms with E-state index in [2.05, 4.69) is 67.3 Å². The SMILES string of the molecule is CCCC(C)CC(NC)c1ccc(C)cc1Br. The number of nitrogens with one attached hydrogen (secondary N) is 1. The van der Waals surface area contributed by atoms with Gasteiger partial charge in [0.2, 0.25) is 0 Å². The average molecular weight is 298 g/mol. The van der Waals surface area contributed by atoms with E-state index in [-0.39, 0.29) is 0 Å². The third-order valence-electron chi connectivity index (χ3n) is 3.30. The molecule has 0 spiro atoms. The van der Waals surface area contributed by atoms with Gasteiger partial charge in [-0.05, 0) is 43.5 Å². The van der Waals surface area contributed by atoms with E-state index in [0.29, 0.717) is 6.04 Å². The van der Waals surface area contributed by atoms with Gasteiger partial charge in [0.25, 0.3) is 0 Å². The molecule has 1 nitrogen and oxygen atoms in total. The molecule has 1 aromatic rings. The van der Waals surface area contributed by atoms with Crippen LogP contribution in [0.3, 0.4) is 0 Å². The van der Waals surface area contributed by atoms with Crippen LogP contribution < -0.4 is 5.32 Å². The van der Waals surface area contributed by atoms with Crippen molar-refractivity contribution in [2.45, 2.75) is 46.1 Å². The highest BCUT2D eigenvalue weighted by Gasteiger charge is 2.15. The van der Waals surface area contributed by atoms with Crippen LogP contribution in [0.4, 0.5) is 0 Å². The molecular formula is C15H24BrN. The molecule has 0 radical (unpaired) electrons. The minimum absolute atomic E-state index is 0.450. The maximum absolute atomic E-state index is 3.68. The van der Waals surface area contributed by atoms with Gasteiger partial charge < -0.3 is 5.32 Å². The third kappa shape index (κ3) is 4.44. The van der Waals surface area contributed by atoms with Gasteiger partial charge in [-0.1, -0.05) is 54.8 Å². The third-order valence-corrected chi connectivity index (χ3v) is 3.99. The van der Waals surface area contributed by atoms with Crippen molar-refractivity contribution in [1.29, 1.82) is 0 Å². The first-order valence-electron chi connectivity index (χ1n) is 6.51. The lowest BCUT2D eigenvalue weighted by Gasteiger charge is -2.22. The summed E-state index contributed by atoms with van der Waals surface area (Å²) in [4.78, 5) is 0. The van der Waals surface area contributed by atoms with Crippen molar-refractivity contribution in [3.8, 4) is 0 Å². The first-order chi connectivity index (χ1) is 8.08. The number of halogens is 1. The summed E-state index contributed by atoms with van der Waals surface area (Å²) in [6, 6.07) is 7.07.